The first-order chi connectivity index (χ1) is 18.2. The van der Waals surface area contributed by atoms with Crippen molar-refractivity contribution in [2.45, 2.75) is 26.4 Å². The summed E-state index contributed by atoms with van der Waals surface area (Å²) in [6, 6.07) is 9.43. The Bertz CT molecular complexity index is 1580. The first kappa shape index (κ1) is 26.3. The first-order valence-electron chi connectivity index (χ1n) is 11.8. The molecule has 0 aliphatic heterocycles. The summed E-state index contributed by atoms with van der Waals surface area (Å²) in [5.74, 6) is 6.17. The molecule has 10 heteroatoms. The standard InChI is InChI=1S/C28H25F3N6O/c1-4-22(16-32-3)35-25-26-34-17-24(37(26)13-12-33-25)11-9-19-15-23(10-8-18(19)2)36-27(38)20-6-5-7-21(14-20)28(29,30)31/h5-8,10,12-17,32H,4H2,1-3H3,(H,33,35)(H,36,38)/b22-16+. The van der Waals surface area contributed by atoms with E-state index in [4.69, 9.17) is 0 Å². The molecule has 0 spiro atoms. The second kappa shape index (κ2) is 11.1. The lowest BCUT2D eigenvalue weighted by Gasteiger charge is -2.10. The number of alkyl halides is 3. The number of fused-ring (bicyclic) bond motifs is 1. The van der Waals surface area contributed by atoms with Crippen LogP contribution >= 0.6 is 0 Å². The van der Waals surface area contributed by atoms with Gasteiger partial charge in [0.15, 0.2) is 11.5 Å². The van der Waals surface area contributed by atoms with Gasteiger partial charge in [0.25, 0.3) is 5.91 Å². The molecule has 0 unspecified atom stereocenters. The molecule has 1 amide bonds. The fourth-order valence-corrected chi connectivity index (χ4v) is 3.66. The van der Waals surface area contributed by atoms with E-state index < -0.39 is 17.6 Å². The summed E-state index contributed by atoms with van der Waals surface area (Å²) in [6.45, 7) is 3.90. The topological polar surface area (TPSA) is 83.4 Å². The zero-order valence-corrected chi connectivity index (χ0v) is 20.9. The number of aryl methyl sites for hydroxylation is 1. The van der Waals surface area contributed by atoms with Gasteiger partial charge in [0.05, 0.1) is 11.8 Å². The lowest BCUT2D eigenvalue weighted by Crippen LogP contribution is -2.14. The summed E-state index contributed by atoms with van der Waals surface area (Å²) >= 11 is 0. The molecule has 2 heterocycles. The van der Waals surface area contributed by atoms with Gasteiger partial charge in [0, 0.05) is 48.2 Å². The Kier molecular flexibility index (Phi) is 7.67. The normalized spacial score (nSPS) is 11.6. The van der Waals surface area contributed by atoms with E-state index in [-0.39, 0.29) is 5.56 Å². The van der Waals surface area contributed by atoms with E-state index in [1.807, 2.05) is 31.5 Å². The third-order valence-corrected chi connectivity index (χ3v) is 5.68. The maximum absolute atomic E-state index is 13.0. The largest absolute Gasteiger partial charge is 0.416 e. The minimum atomic E-state index is -4.53. The maximum Gasteiger partial charge on any atom is 0.416 e. The monoisotopic (exact) mass is 518 g/mol. The van der Waals surface area contributed by atoms with Crippen molar-refractivity contribution in [2.24, 2.45) is 0 Å². The molecule has 0 bridgehead atoms. The molecule has 0 saturated carbocycles. The third kappa shape index (κ3) is 5.95. The summed E-state index contributed by atoms with van der Waals surface area (Å²) in [5, 5.41) is 8.92. The SMILES string of the molecule is CC/C(=C\NC)Nc1nccn2c(C#Cc3cc(NC(=O)c4cccc(C(F)(F)F)c4)ccc3C)cnc12. The Morgan fingerprint density at radius 3 is 2.66 bits per heavy atom. The smallest absolute Gasteiger partial charge is 0.393 e. The molecule has 3 N–H and O–H groups in total. The molecule has 2 aromatic carbocycles. The molecule has 0 fully saturated rings. The molecular weight excluding hydrogens is 493 g/mol. The van der Waals surface area contributed by atoms with Crippen LogP contribution in [0.25, 0.3) is 5.65 Å². The fraction of sp³-hybridized carbons (Fsp3) is 0.179. The summed E-state index contributed by atoms with van der Waals surface area (Å²) in [7, 11) is 1.82. The van der Waals surface area contributed by atoms with Gasteiger partial charge >= 0.3 is 6.18 Å². The van der Waals surface area contributed by atoms with Crippen molar-refractivity contribution in [3.05, 3.63) is 101 Å². The number of nitrogens with zero attached hydrogens (tertiary/aromatic N) is 3. The number of rotatable bonds is 6. The average molecular weight is 519 g/mol. The van der Waals surface area contributed by atoms with Gasteiger partial charge in [-0.2, -0.15) is 13.2 Å². The molecule has 0 atom stereocenters. The number of hydrogen-bond donors (Lipinski definition) is 3. The van der Waals surface area contributed by atoms with Crippen LogP contribution in [0.1, 0.15) is 46.1 Å². The number of benzene rings is 2. The highest BCUT2D eigenvalue weighted by atomic mass is 19.4. The van der Waals surface area contributed by atoms with Crippen molar-refractivity contribution in [1.29, 1.82) is 0 Å². The highest BCUT2D eigenvalue weighted by molar-refractivity contribution is 6.04. The molecule has 38 heavy (non-hydrogen) atoms. The van der Waals surface area contributed by atoms with Gasteiger partial charge in [-0.05, 0) is 55.2 Å². The van der Waals surface area contributed by atoms with Gasteiger partial charge < -0.3 is 16.0 Å². The van der Waals surface area contributed by atoms with Gasteiger partial charge in [-0.3, -0.25) is 9.20 Å². The van der Waals surface area contributed by atoms with Crippen LogP contribution in [0.15, 0.2) is 73.0 Å². The minimum absolute atomic E-state index is 0.0902. The zero-order chi connectivity index (χ0) is 27.3. The second-order valence-corrected chi connectivity index (χ2v) is 8.36. The van der Waals surface area contributed by atoms with Gasteiger partial charge in [0.1, 0.15) is 5.69 Å². The molecule has 2 aromatic heterocycles. The van der Waals surface area contributed by atoms with Crippen LogP contribution in [-0.4, -0.2) is 27.3 Å². The van der Waals surface area contributed by atoms with Crippen LogP contribution in [0, 0.1) is 18.8 Å². The number of carbonyl (C=O) groups excluding carboxylic acids is 1. The second-order valence-electron chi connectivity index (χ2n) is 8.36. The Hall–Kier alpha value is -4.78. The molecule has 194 valence electrons. The van der Waals surface area contributed by atoms with Crippen molar-refractivity contribution in [2.75, 3.05) is 17.7 Å². The average Bonchev–Trinajstić information content (AvgIpc) is 3.32. The van der Waals surface area contributed by atoms with Crippen LogP contribution in [0.4, 0.5) is 24.7 Å². The van der Waals surface area contributed by atoms with Gasteiger partial charge in [-0.1, -0.05) is 25.0 Å². The first-order valence-corrected chi connectivity index (χ1v) is 11.8. The quantitative estimate of drug-likeness (QED) is 0.290. The van der Waals surface area contributed by atoms with Gasteiger partial charge in [0.2, 0.25) is 0 Å². The van der Waals surface area contributed by atoms with Crippen molar-refractivity contribution in [1.82, 2.24) is 19.7 Å². The number of anilines is 2. The van der Waals surface area contributed by atoms with Crippen molar-refractivity contribution in [3.8, 4) is 11.8 Å². The Morgan fingerprint density at radius 1 is 1.11 bits per heavy atom. The minimum Gasteiger partial charge on any atom is -0.393 e. The number of imidazole rings is 1. The molecule has 4 rings (SSSR count). The molecule has 0 aliphatic carbocycles. The van der Waals surface area contributed by atoms with Crippen LogP contribution < -0.4 is 16.0 Å². The summed E-state index contributed by atoms with van der Waals surface area (Å²) in [4.78, 5) is 21.5. The lowest BCUT2D eigenvalue weighted by molar-refractivity contribution is -0.137. The maximum atomic E-state index is 13.0. The summed E-state index contributed by atoms with van der Waals surface area (Å²) in [5.41, 5.74) is 3.17. The van der Waals surface area contributed by atoms with Crippen molar-refractivity contribution >= 4 is 23.1 Å². The van der Waals surface area contributed by atoms with E-state index in [0.29, 0.717) is 28.4 Å². The number of carbonyl (C=O) groups is 1. The van der Waals surface area contributed by atoms with Crippen molar-refractivity contribution < 1.29 is 18.0 Å². The molecule has 7 nitrogen and oxygen atoms in total. The number of allylic oxidation sites excluding steroid dienone is 1. The third-order valence-electron chi connectivity index (χ3n) is 5.68. The molecule has 0 saturated heterocycles. The number of hydrogen-bond acceptors (Lipinski definition) is 5. The highest BCUT2D eigenvalue weighted by Crippen LogP contribution is 2.29. The predicted octanol–water partition coefficient (Wildman–Crippen LogP) is 5.59. The number of amides is 1. The molecule has 4 aromatic rings. The molecule has 0 radical (unpaired) electrons. The molecular formula is C28H25F3N6O. The van der Waals surface area contributed by atoms with Crippen LogP contribution in [0.2, 0.25) is 0 Å². The fourth-order valence-electron chi connectivity index (χ4n) is 3.66. The van der Waals surface area contributed by atoms with Crippen LogP contribution in [0.3, 0.4) is 0 Å². The van der Waals surface area contributed by atoms with E-state index in [1.165, 1.54) is 12.1 Å². The van der Waals surface area contributed by atoms with E-state index in [9.17, 15) is 18.0 Å². The van der Waals surface area contributed by atoms with Gasteiger partial charge in [-0.25, -0.2) is 9.97 Å². The van der Waals surface area contributed by atoms with E-state index in [0.717, 1.165) is 29.8 Å². The predicted molar refractivity (Wildman–Crippen MR) is 141 cm³/mol. The highest BCUT2D eigenvalue weighted by Gasteiger charge is 2.30. The van der Waals surface area contributed by atoms with E-state index in [2.05, 4.69) is 37.8 Å². The Morgan fingerprint density at radius 2 is 1.92 bits per heavy atom. The van der Waals surface area contributed by atoms with Gasteiger partial charge in [-0.15, -0.1) is 0 Å². The number of aromatic nitrogens is 3. The van der Waals surface area contributed by atoms with Crippen LogP contribution in [-0.2, 0) is 6.18 Å². The Balaban J connectivity index is 1.58. The number of nitrogens with one attached hydrogen (secondary N) is 3. The lowest BCUT2D eigenvalue weighted by atomic mass is 10.1. The zero-order valence-electron chi connectivity index (χ0n) is 20.9. The Labute approximate surface area is 217 Å². The summed E-state index contributed by atoms with van der Waals surface area (Å²) in [6.07, 6.45) is 3.17. The summed E-state index contributed by atoms with van der Waals surface area (Å²) < 4.78 is 40.9. The number of halogens is 3. The van der Waals surface area contributed by atoms with Crippen molar-refractivity contribution in [3.63, 3.8) is 0 Å². The molecule has 0 aliphatic rings. The van der Waals surface area contributed by atoms with E-state index >= 15 is 0 Å². The van der Waals surface area contributed by atoms with Crippen LogP contribution in [0.5, 0.6) is 0 Å². The van der Waals surface area contributed by atoms with E-state index in [1.54, 1.807) is 36.8 Å².